The van der Waals surface area contributed by atoms with Crippen molar-refractivity contribution in [2.75, 3.05) is 12.3 Å². The number of nitrogen functional groups attached to an aromatic ring is 1. The van der Waals surface area contributed by atoms with E-state index in [0.29, 0.717) is 17.8 Å². The van der Waals surface area contributed by atoms with Gasteiger partial charge in [0, 0.05) is 15.7 Å². The summed E-state index contributed by atoms with van der Waals surface area (Å²) >= 11 is 3.31. The van der Waals surface area contributed by atoms with Crippen LogP contribution in [0.4, 0.5) is 5.69 Å². The molecule has 3 N–H and O–H groups in total. The lowest BCUT2D eigenvalue weighted by atomic mass is 10.1. The summed E-state index contributed by atoms with van der Waals surface area (Å²) in [6.45, 7) is 3.90. The zero-order chi connectivity index (χ0) is 12.1. The minimum Gasteiger partial charge on any atom is -0.398 e. The van der Waals surface area contributed by atoms with Crippen LogP contribution in [0.2, 0.25) is 0 Å². The molecular formula is C12H13BrN2O. The highest BCUT2D eigenvalue weighted by Gasteiger charge is 2.11. The summed E-state index contributed by atoms with van der Waals surface area (Å²) in [5.41, 5.74) is 7.73. The van der Waals surface area contributed by atoms with Crippen molar-refractivity contribution in [3.05, 3.63) is 27.7 Å². The van der Waals surface area contributed by atoms with Crippen molar-refractivity contribution in [2.45, 2.75) is 13.8 Å². The molecule has 0 radical (unpaired) electrons. The highest BCUT2D eigenvalue weighted by atomic mass is 79.9. The summed E-state index contributed by atoms with van der Waals surface area (Å²) < 4.78 is 0.794. The number of amides is 1. The summed E-state index contributed by atoms with van der Waals surface area (Å²) in [6, 6.07) is 3.53. The summed E-state index contributed by atoms with van der Waals surface area (Å²) in [7, 11) is 0. The van der Waals surface area contributed by atoms with Crippen molar-refractivity contribution in [2.24, 2.45) is 0 Å². The molecule has 4 heteroatoms. The number of nitrogens with two attached hydrogens (primary N) is 1. The number of benzene rings is 1. The fourth-order valence-corrected chi connectivity index (χ4v) is 1.72. The van der Waals surface area contributed by atoms with Gasteiger partial charge in [-0.3, -0.25) is 4.79 Å². The van der Waals surface area contributed by atoms with Gasteiger partial charge in [0.05, 0.1) is 6.54 Å². The highest BCUT2D eigenvalue weighted by Crippen LogP contribution is 2.22. The van der Waals surface area contributed by atoms with Crippen LogP contribution in [0.3, 0.4) is 0 Å². The van der Waals surface area contributed by atoms with Crippen molar-refractivity contribution < 1.29 is 4.79 Å². The van der Waals surface area contributed by atoms with E-state index in [4.69, 9.17) is 5.73 Å². The number of hydrogen-bond acceptors (Lipinski definition) is 2. The van der Waals surface area contributed by atoms with Gasteiger partial charge in [0.2, 0.25) is 0 Å². The van der Waals surface area contributed by atoms with E-state index in [1.165, 1.54) is 0 Å². The lowest BCUT2D eigenvalue weighted by molar-refractivity contribution is 0.0958. The molecule has 0 bridgehead atoms. The number of nitrogens with one attached hydrogen (secondary N) is 1. The Bertz CT molecular complexity index is 472. The first-order valence-electron chi connectivity index (χ1n) is 4.79. The molecule has 0 saturated carbocycles. The first-order chi connectivity index (χ1) is 7.56. The molecule has 0 atom stereocenters. The van der Waals surface area contributed by atoms with E-state index < -0.39 is 0 Å². The van der Waals surface area contributed by atoms with E-state index in [0.717, 1.165) is 10.0 Å². The summed E-state index contributed by atoms with van der Waals surface area (Å²) in [4.78, 5) is 11.8. The Hall–Kier alpha value is -1.47. The van der Waals surface area contributed by atoms with Crippen LogP contribution in [0.5, 0.6) is 0 Å². The zero-order valence-electron chi connectivity index (χ0n) is 9.23. The Balaban J connectivity index is 2.93. The van der Waals surface area contributed by atoms with Gasteiger partial charge >= 0.3 is 0 Å². The number of carbonyl (C=O) groups is 1. The van der Waals surface area contributed by atoms with E-state index in [1.54, 1.807) is 19.1 Å². The molecule has 1 aromatic carbocycles. The van der Waals surface area contributed by atoms with Crippen LogP contribution in [0, 0.1) is 18.8 Å². The molecule has 0 aliphatic rings. The second kappa shape index (κ2) is 5.57. The average Bonchev–Trinajstić information content (AvgIpc) is 2.23. The van der Waals surface area contributed by atoms with Gasteiger partial charge < -0.3 is 11.1 Å². The molecule has 1 aromatic rings. The van der Waals surface area contributed by atoms with Crippen molar-refractivity contribution in [1.29, 1.82) is 0 Å². The number of halogens is 1. The van der Waals surface area contributed by atoms with Gasteiger partial charge in [0.25, 0.3) is 5.91 Å². The minimum absolute atomic E-state index is 0.159. The standard InChI is InChI=1S/C12H13BrN2O/c1-3-4-5-15-12(16)10-6-9(13)7-11(14)8(10)2/h6-7H,5,14H2,1-2H3,(H,15,16). The van der Waals surface area contributed by atoms with Crippen LogP contribution in [0.25, 0.3) is 0 Å². The predicted octanol–water partition coefficient (Wildman–Crippen LogP) is 2.09. The molecule has 0 spiro atoms. The molecule has 84 valence electrons. The molecule has 0 saturated heterocycles. The van der Waals surface area contributed by atoms with Crippen molar-refractivity contribution in [3.63, 3.8) is 0 Å². The Morgan fingerprint density at radius 3 is 2.88 bits per heavy atom. The fraction of sp³-hybridized carbons (Fsp3) is 0.250. The van der Waals surface area contributed by atoms with Gasteiger partial charge in [-0.25, -0.2) is 0 Å². The van der Waals surface area contributed by atoms with Crippen LogP contribution >= 0.6 is 15.9 Å². The number of rotatable bonds is 2. The maximum absolute atomic E-state index is 11.8. The molecule has 0 aliphatic heterocycles. The second-order valence-corrected chi connectivity index (χ2v) is 4.19. The lowest BCUT2D eigenvalue weighted by Gasteiger charge is -2.08. The average molecular weight is 281 g/mol. The highest BCUT2D eigenvalue weighted by molar-refractivity contribution is 9.10. The second-order valence-electron chi connectivity index (χ2n) is 3.28. The summed E-state index contributed by atoms with van der Waals surface area (Å²) in [5, 5.41) is 2.71. The largest absolute Gasteiger partial charge is 0.398 e. The first kappa shape index (κ1) is 12.6. The molecule has 1 rings (SSSR count). The molecular weight excluding hydrogens is 268 g/mol. The normalized spacial score (nSPS) is 9.19. The van der Waals surface area contributed by atoms with Crippen molar-refractivity contribution in [1.82, 2.24) is 5.32 Å². The third kappa shape index (κ3) is 3.01. The van der Waals surface area contributed by atoms with E-state index in [-0.39, 0.29) is 5.91 Å². The van der Waals surface area contributed by atoms with Crippen LogP contribution < -0.4 is 11.1 Å². The molecule has 3 nitrogen and oxygen atoms in total. The van der Waals surface area contributed by atoms with Crippen LogP contribution in [-0.2, 0) is 0 Å². The Labute approximate surface area is 104 Å². The topological polar surface area (TPSA) is 55.1 Å². The monoisotopic (exact) mass is 280 g/mol. The minimum atomic E-state index is -0.159. The van der Waals surface area contributed by atoms with Gasteiger partial charge in [-0.1, -0.05) is 21.9 Å². The Kier molecular flexibility index (Phi) is 4.39. The third-order valence-corrected chi connectivity index (χ3v) is 2.63. The quantitative estimate of drug-likeness (QED) is 0.644. The van der Waals surface area contributed by atoms with E-state index in [9.17, 15) is 4.79 Å². The molecule has 1 amide bonds. The van der Waals surface area contributed by atoms with Gasteiger partial charge in [0.15, 0.2) is 0 Å². The van der Waals surface area contributed by atoms with Crippen LogP contribution in [-0.4, -0.2) is 12.5 Å². The molecule has 16 heavy (non-hydrogen) atoms. The maximum atomic E-state index is 11.8. The summed E-state index contributed by atoms with van der Waals surface area (Å²) in [6.07, 6.45) is 0. The van der Waals surface area contributed by atoms with Gasteiger partial charge in [0.1, 0.15) is 0 Å². The molecule has 0 aliphatic carbocycles. The number of hydrogen-bond donors (Lipinski definition) is 2. The Morgan fingerprint density at radius 2 is 2.25 bits per heavy atom. The molecule has 0 fully saturated rings. The predicted molar refractivity (Wildman–Crippen MR) is 69.1 cm³/mol. The van der Waals surface area contributed by atoms with Crippen LogP contribution in [0.15, 0.2) is 16.6 Å². The fourth-order valence-electron chi connectivity index (χ4n) is 1.24. The van der Waals surface area contributed by atoms with E-state index in [2.05, 4.69) is 33.1 Å². The smallest absolute Gasteiger partial charge is 0.252 e. The SMILES string of the molecule is CC#CCNC(=O)c1cc(Br)cc(N)c1C. The first-order valence-corrected chi connectivity index (χ1v) is 5.59. The van der Waals surface area contributed by atoms with Gasteiger partial charge in [-0.2, -0.15) is 0 Å². The molecule has 0 heterocycles. The summed E-state index contributed by atoms with van der Waals surface area (Å²) in [5.74, 6) is 5.33. The van der Waals surface area contributed by atoms with E-state index in [1.807, 2.05) is 6.92 Å². The van der Waals surface area contributed by atoms with Crippen LogP contribution in [0.1, 0.15) is 22.8 Å². The molecule has 0 unspecified atom stereocenters. The zero-order valence-corrected chi connectivity index (χ0v) is 10.8. The Morgan fingerprint density at radius 1 is 1.56 bits per heavy atom. The van der Waals surface area contributed by atoms with Gasteiger partial charge in [-0.05, 0) is 31.5 Å². The number of anilines is 1. The number of carbonyl (C=O) groups excluding carboxylic acids is 1. The third-order valence-electron chi connectivity index (χ3n) is 2.17. The molecule has 0 aromatic heterocycles. The van der Waals surface area contributed by atoms with E-state index >= 15 is 0 Å². The van der Waals surface area contributed by atoms with Crippen molar-refractivity contribution >= 4 is 27.5 Å². The maximum Gasteiger partial charge on any atom is 0.252 e. The lowest BCUT2D eigenvalue weighted by Crippen LogP contribution is -2.24. The van der Waals surface area contributed by atoms with Crippen molar-refractivity contribution in [3.8, 4) is 11.8 Å². The van der Waals surface area contributed by atoms with Gasteiger partial charge in [-0.15, -0.1) is 5.92 Å².